The van der Waals surface area contributed by atoms with E-state index in [1.165, 1.54) is 44.9 Å². The second-order valence-corrected chi connectivity index (χ2v) is 13.9. The zero-order valence-corrected chi connectivity index (χ0v) is 21.7. The standard InChI is InChI=1S/C29H52O3/c1-20(11-14-26(2,31)13-6-18-30)23-9-10-24-22-8-7-21-19-27(3,32)16-17-28(21,4)25(22)12-15-29(23,24)5/h20-25,30-32H,6-19H2,1-5H3/t20-,21+,22+,23?,24+,25+,26+,27+,28+,29-/m1/s1. The summed E-state index contributed by atoms with van der Waals surface area (Å²) in [5, 5.41) is 30.6. The van der Waals surface area contributed by atoms with Crippen LogP contribution in [-0.2, 0) is 0 Å². The Bertz CT molecular complexity index is 657. The van der Waals surface area contributed by atoms with E-state index in [0.29, 0.717) is 35.5 Å². The Balaban J connectivity index is 1.43. The average Bonchev–Trinajstić information content (AvgIpc) is 3.08. The predicted molar refractivity (Wildman–Crippen MR) is 131 cm³/mol. The van der Waals surface area contributed by atoms with Gasteiger partial charge in [-0.3, -0.25) is 0 Å². The predicted octanol–water partition coefficient (Wildman–Crippen LogP) is 6.34. The van der Waals surface area contributed by atoms with E-state index < -0.39 is 11.2 Å². The summed E-state index contributed by atoms with van der Waals surface area (Å²) < 4.78 is 0. The largest absolute Gasteiger partial charge is 0.396 e. The molecule has 3 N–H and O–H groups in total. The van der Waals surface area contributed by atoms with Gasteiger partial charge in [0.25, 0.3) is 0 Å². The van der Waals surface area contributed by atoms with Gasteiger partial charge in [0.1, 0.15) is 0 Å². The van der Waals surface area contributed by atoms with Crippen LogP contribution in [0.25, 0.3) is 0 Å². The van der Waals surface area contributed by atoms with E-state index in [2.05, 4.69) is 27.7 Å². The number of aliphatic hydroxyl groups excluding tert-OH is 1. The monoisotopic (exact) mass is 448 g/mol. The first-order valence-electron chi connectivity index (χ1n) is 14.0. The fourth-order valence-corrected chi connectivity index (χ4v) is 9.73. The highest BCUT2D eigenvalue weighted by Crippen LogP contribution is 2.68. The van der Waals surface area contributed by atoms with Crippen molar-refractivity contribution in [2.45, 2.75) is 129 Å². The zero-order valence-electron chi connectivity index (χ0n) is 21.7. The Morgan fingerprint density at radius 2 is 1.62 bits per heavy atom. The Kier molecular flexibility index (Phi) is 6.89. The van der Waals surface area contributed by atoms with Crippen LogP contribution >= 0.6 is 0 Å². The van der Waals surface area contributed by atoms with Crippen LogP contribution in [0.2, 0.25) is 0 Å². The van der Waals surface area contributed by atoms with Gasteiger partial charge in [0.05, 0.1) is 11.2 Å². The summed E-state index contributed by atoms with van der Waals surface area (Å²) >= 11 is 0. The molecular weight excluding hydrogens is 396 g/mol. The number of aliphatic hydroxyl groups is 3. The first-order valence-corrected chi connectivity index (χ1v) is 14.0. The minimum atomic E-state index is -0.636. The molecule has 0 bridgehead atoms. The van der Waals surface area contributed by atoms with Crippen LogP contribution in [0.15, 0.2) is 0 Å². The van der Waals surface area contributed by atoms with Crippen molar-refractivity contribution in [3.63, 3.8) is 0 Å². The maximum absolute atomic E-state index is 10.7. The normalized spacial score (nSPS) is 48.9. The number of rotatable bonds is 7. The smallest absolute Gasteiger partial charge is 0.0622 e. The van der Waals surface area contributed by atoms with Crippen molar-refractivity contribution in [3.05, 3.63) is 0 Å². The third kappa shape index (κ3) is 4.44. The molecule has 0 heterocycles. The molecule has 3 nitrogen and oxygen atoms in total. The second kappa shape index (κ2) is 8.83. The van der Waals surface area contributed by atoms with E-state index in [4.69, 9.17) is 5.11 Å². The molecule has 0 amide bonds. The van der Waals surface area contributed by atoms with Gasteiger partial charge in [-0.25, -0.2) is 0 Å². The highest BCUT2D eigenvalue weighted by molar-refractivity contribution is 5.10. The fraction of sp³-hybridized carbons (Fsp3) is 1.00. The first kappa shape index (κ1) is 25.0. The van der Waals surface area contributed by atoms with Crippen LogP contribution in [0.1, 0.15) is 118 Å². The number of hydrogen-bond donors (Lipinski definition) is 3. The second-order valence-electron chi connectivity index (χ2n) is 13.9. The molecule has 0 aliphatic heterocycles. The molecule has 0 aromatic rings. The first-order chi connectivity index (χ1) is 14.9. The minimum absolute atomic E-state index is 0.175. The van der Waals surface area contributed by atoms with E-state index in [9.17, 15) is 10.2 Å². The van der Waals surface area contributed by atoms with Crippen molar-refractivity contribution in [2.75, 3.05) is 6.61 Å². The van der Waals surface area contributed by atoms with Crippen molar-refractivity contribution in [1.29, 1.82) is 0 Å². The maximum Gasteiger partial charge on any atom is 0.0622 e. The van der Waals surface area contributed by atoms with Crippen LogP contribution in [-0.4, -0.2) is 33.1 Å². The molecule has 4 fully saturated rings. The Hall–Kier alpha value is -0.120. The van der Waals surface area contributed by atoms with Crippen molar-refractivity contribution < 1.29 is 15.3 Å². The van der Waals surface area contributed by atoms with Crippen LogP contribution < -0.4 is 0 Å². The lowest BCUT2D eigenvalue weighted by atomic mass is 9.43. The van der Waals surface area contributed by atoms with Crippen molar-refractivity contribution >= 4 is 0 Å². The summed E-state index contributed by atoms with van der Waals surface area (Å²) in [6.45, 7) is 11.9. The summed E-state index contributed by atoms with van der Waals surface area (Å²) in [6, 6.07) is 0. The summed E-state index contributed by atoms with van der Waals surface area (Å²) in [5.41, 5.74) is -0.155. The van der Waals surface area contributed by atoms with Gasteiger partial charge in [0.2, 0.25) is 0 Å². The molecule has 0 aromatic heterocycles. The molecule has 4 rings (SSSR count). The van der Waals surface area contributed by atoms with E-state index >= 15 is 0 Å². The molecule has 1 unspecified atom stereocenters. The Labute approximate surface area is 197 Å². The average molecular weight is 449 g/mol. The van der Waals surface area contributed by atoms with Gasteiger partial charge in [-0.05, 0) is 144 Å². The molecule has 0 spiro atoms. The molecule has 3 heteroatoms. The summed E-state index contributed by atoms with van der Waals surface area (Å²) in [6.07, 6.45) is 14.9. The Morgan fingerprint density at radius 1 is 0.906 bits per heavy atom. The topological polar surface area (TPSA) is 60.7 Å². The Morgan fingerprint density at radius 3 is 2.34 bits per heavy atom. The van der Waals surface area contributed by atoms with Crippen molar-refractivity contribution in [2.24, 2.45) is 46.3 Å². The SMILES string of the molecule is C[C@H](CC[C@@](C)(O)CCCO)C1CC[C@H]2[C@@H]3CC[C@H]4C[C@@](C)(O)CC[C@]4(C)[C@H]3CC[C@]12C. The van der Waals surface area contributed by atoms with Crippen molar-refractivity contribution in [3.8, 4) is 0 Å². The zero-order chi connectivity index (χ0) is 23.4. The minimum Gasteiger partial charge on any atom is -0.396 e. The summed E-state index contributed by atoms with van der Waals surface area (Å²) in [7, 11) is 0. The summed E-state index contributed by atoms with van der Waals surface area (Å²) in [5.74, 6) is 4.81. The van der Waals surface area contributed by atoms with E-state index in [1.54, 1.807) is 0 Å². The van der Waals surface area contributed by atoms with Crippen LogP contribution in [0.4, 0.5) is 0 Å². The van der Waals surface area contributed by atoms with Crippen molar-refractivity contribution in [1.82, 2.24) is 0 Å². The highest BCUT2D eigenvalue weighted by Gasteiger charge is 2.61. The number of hydrogen-bond acceptors (Lipinski definition) is 3. The van der Waals surface area contributed by atoms with E-state index in [-0.39, 0.29) is 6.61 Å². The molecule has 10 atom stereocenters. The molecule has 32 heavy (non-hydrogen) atoms. The van der Waals surface area contributed by atoms with E-state index in [1.807, 2.05) is 6.92 Å². The molecule has 4 aliphatic carbocycles. The molecule has 0 aromatic carbocycles. The van der Waals surface area contributed by atoms with Crippen LogP contribution in [0.5, 0.6) is 0 Å². The van der Waals surface area contributed by atoms with Crippen LogP contribution in [0, 0.1) is 46.3 Å². The summed E-state index contributed by atoms with van der Waals surface area (Å²) in [4.78, 5) is 0. The molecule has 4 saturated carbocycles. The third-order valence-corrected chi connectivity index (χ3v) is 11.7. The lowest BCUT2D eigenvalue weighted by molar-refractivity contribution is -0.148. The van der Waals surface area contributed by atoms with Gasteiger partial charge in [0.15, 0.2) is 0 Å². The van der Waals surface area contributed by atoms with Gasteiger partial charge in [0, 0.05) is 6.61 Å². The third-order valence-electron chi connectivity index (χ3n) is 11.7. The van der Waals surface area contributed by atoms with Crippen LogP contribution in [0.3, 0.4) is 0 Å². The molecular formula is C29H52O3. The molecule has 0 radical (unpaired) electrons. The van der Waals surface area contributed by atoms with Gasteiger partial charge >= 0.3 is 0 Å². The van der Waals surface area contributed by atoms with Gasteiger partial charge in [-0.15, -0.1) is 0 Å². The maximum atomic E-state index is 10.7. The number of fused-ring (bicyclic) bond motifs is 5. The molecule has 4 aliphatic rings. The lowest BCUT2D eigenvalue weighted by Gasteiger charge is -2.62. The van der Waals surface area contributed by atoms with E-state index in [0.717, 1.165) is 49.4 Å². The van der Waals surface area contributed by atoms with Gasteiger partial charge in [-0.1, -0.05) is 20.8 Å². The molecule has 186 valence electrons. The fourth-order valence-electron chi connectivity index (χ4n) is 9.73. The molecule has 0 saturated heterocycles. The quantitative estimate of drug-likeness (QED) is 0.426. The van der Waals surface area contributed by atoms with Gasteiger partial charge < -0.3 is 15.3 Å². The van der Waals surface area contributed by atoms with Gasteiger partial charge in [-0.2, -0.15) is 0 Å². The lowest BCUT2D eigenvalue weighted by Crippen LogP contribution is -2.55. The highest BCUT2D eigenvalue weighted by atomic mass is 16.3.